The molecule has 0 saturated carbocycles. The van der Waals surface area contributed by atoms with Gasteiger partial charge in [-0.1, -0.05) is 0 Å². The molecule has 100 valence electrons. The average Bonchev–Trinajstić information content (AvgIpc) is 2.16. The number of nitrogens with zero attached hydrogens (tertiary/aromatic N) is 1. The minimum Gasteiger partial charge on any atom is -0.481 e. The second-order valence-corrected chi connectivity index (χ2v) is 5.12. The van der Waals surface area contributed by atoms with E-state index in [0.717, 1.165) is 0 Å². The summed E-state index contributed by atoms with van der Waals surface area (Å²) in [5.41, 5.74) is -1.05. The molecule has 0 radical (unpaired) electrons. The van der Waals surface area contributed by atoms with Crippen molar-refractivity contribution in [1.82, 2.24) is 4.90 Å². The second kappa shape index (κ2) is 6.59. The third kappa shape index (κ3) is 5.17. The van der Waals surface area contributed by atoms with Crippen LogP contribution in [0.15, 0.2) is 0 Å². The summed E-state index contributed by atoms with van der Waals surface area (Å²) in [6, 6.07) is 0.0126. The molecule has 2 N–H and O–H groups in total. The summed E-state index contributed by atoms with van der Waals surface area (Å²) in [5.74, 6) is -1.16. The Balaban J connectivity index is 4.58. The number of aliphatic hydroxyl groups is 1. The highest BCUT2D eigenvalue weighted by Gasteiger charge is 2.32. The van der Waals surface area contributed by atoms with E-state index in [1.807, 2.05) is 13.8 Å². The van der Waals surface area contributed by atoms with Gasteiger partial charge in [0.2, 0.25) is 5.91 Å². The Labute approximate surface area is 102 Å². The van der Waals surface area contributed by atoms with Crippen molar-refractivity contribution in [3.8, 4) is 0 Å². The van der Waals surface area contributed by atoms with Crippen LogP contribution in [0.2, 0.25) is 0 Å². The van der Waals surface area contributed by atoms with Gasteiger partial charge in [-0.2, -0.15) is 0 Å². The van der Waals surface area contributed by atoms with Gasteiger partial charge >= 0.3 is 5.97 Å². The van der Waals surface area contributed by atoms with Crippen LogP contribution in [-0.2, 0) is 9.59 Å². The maximum Gasteiger partial charge on any atom is 0.309 e. The number of carbonyl (C=O) groups is 2. The highest BCUT2D eigenvalue weighted by molar-refractivity contribution is 5.84. The first-order valence-electron chi connectivity index (χ1n) is 5.86. The van der Waals surface area contributed by atoms with Crippen molar-refractivity contribution in [1.29, 1.82) is 0 Å². The van der Waals surface area contributed by atoms with Crippen LogP contribution in [0.4, 0.5) is 0 Å². The average molecular weight is 245 g/mol. The fraction of sp³-hybridized carbons (Fsp3) is 0.833. The van der Waals surface area contributed by atoms with Crippen molar-refractivity contribution in [2.24, 2.45) is 5.41 Å². The Kier molecular flexibility index (Phi) is 6.16. The molecular formula is C12H23NO4. The van der Waals surface area contributed by atoms with Crippen LogP contribution in [0.1, 0.15) is 40.5 Å². The van der Waals surface area contributed by atoms with E-state index in [9.17, 15) is 9.59 Å². The smallest absolute Gasteiger partial charge is 0.309 e. The summed E-state index contributed by atoms with van der Waals surface area (Å²) in [6.07, 6.45) is 0.489. The van der Waals surface area contributed by atoms with Crippen molar-refractivity contribution < 1.29 is 19.8 Å². The van der Waals surface area contributed by atoms with Crippen LogP contribution < -0.4 is 0 Å². The Morgan fingerprint density at radius 2 is 1.82 bits per heavy atom. The first-order chi connectivity index (χ1) is 7.72. The number of amides is 1. The van der Waals surface area contributed by atoms with Crippen LogP contribution >= 0.6 is 0 Å². The first-order valence-corrected chi connectivity index (χ1v) is 5.86. The van der Waals surface area contributed by atoms with Gasteiger partial charge in [0.1, 0.15) is 0 Å². The van der Waals surface area contributed by atoms with Gasteiger partial charge in [0, 0.05) is 25.6 Å². The number of hydrogen-bond donors (Lipinski definition) is 2. The third-order valence-electron chi connectivity index (χ3n) is 2.67. The maximum atomic E-state index is 12.0. The summed E-state index contributed by atoms with van der Waals surface area (Å²) in [5, 5.41) is 17.7. The highest BCUT2D eigenvalue weighted by atomic mass is 16.4. The van der Waals surface area contributed by atoms with Gasteiger partial charge in [0.15, 0.2) is 0 Å². The third-order valence-corrected chi connectivity index (χ3v) is 2.67. The fourth-order valence-electron chi connectivity index (χ4n) is 1.47. The minimum atomic E-state index is -1.05. The number of aliphatic carboxylic acids is 1. The molecule has 0 saturated heterocycles. The molecule has 5 heteroatoms. The standard InChI is InChI=1S/C12H23NO4/c1-9(2)13(6-5-7-14)10(15)8-12(3,4)11(16)17/h9,14H,5-8H2,1-4H3,(H,16,17). The molecule has 1 amide bonds. The number of carbonyl (C=O) groups excluding carboxylic acids is 1. The molecule has 0 aliphatic carbocycles. The van der Waals surface area contributed by atoms with Crippen molar-refractivity contribution in [2.45, 2.75) is 46.6 Å². The molecule has 0 aromatic rings. The molecule has 0 fully saturated rings. The summed E-state index contributed by atoms with van der Waals surface area (Å²) in [7, 11) is 0. The molecular weight excluding hydrogens is 222 g/mol. The molecule has 0 aromatic heterocycles. The molecule has 0 bridgehead atoms. The van der Waals surface area contributed by atoms with E-state index >= 15 is 0 Å². The Morgan fingerprint density at radius 1 is 1.29 bits per heavy atom. The van der Waals surface area contributed by atoms with E-state index in [4.69, 9.17) is 10.2 Å². The normalized spacial score (nSPS) is 11.6. The zero-order chi connectivity index (χ0) is 13.6. The SMILES string of the molecule is CC(C)N(CCCO)C(=O)CC(C)(C)C(=O)O. The first kappa shape index (κ1) is 15.9. The summed E-state index contributed by atoms with van der Waals surface area (Å²) in [6.45, 7) is 7.32. The molecule has 0 unspecified atom stereocenters. The lowest BCUT2D eigenvalue weighted by Crippen LogP contribution is -2.41. The Morgan fingerprint density at radius 3 is 2.18 bits per heavy atom. The molecule has 0 aliphatic heterocycles. The zero-order valence-electron chi connectivity index (χ0n) is 11.1. The summed E-state index contributed by atoms with van der Waals surface area (Å²) >= 11 is 0. The van der Waals surface area contributed by atoms with Crippen molar-refractivity contribution in [3.63, 3.8) is 0 Å². The van der Waals surface area contributed by atoms with Gasteiger partial charge in [0.05, 0.1) is 5.41 Å². The second-order valence-electron chi connectivity index (χ2n) is 5.12. The number of aliphatic hydroxyl groups excluding tert-OH is 1. The van der Waals surface area contributed by atoms with Crippen LogP contribution in [0.5, 0.6) is 0 Å². The summed E-state index contributed by atoms with van der Waals surface area (Å²) in [4.78, 5) is 24.6. The largest absolute Gasteiger partial charge is 0.481 e. The van der Waals surface area contributed by atoms with E-state index in [1.165, 1.54) is 13.8 Å². The van der Waals surface area contributed by atoms with Gasteiger partial charge in [0.25, 0.3) is 0 Å². The van der Waals surface area contributed by atoms with Gasteiger partial charge in [-0.3, -0.25) is 9.59 Å². The monoisotopic (exact) mass is 245 g/mol. The molecule has 0 rings (SSSR count). The van der Waals surface area contributed by atoms with Gasteiger partial charge < -0.3 is 15.1 Å². The van der Waals surface area contributed by atoms with Crippen molar-refractivity contribution in [3.05, 3.63) is 0 Å². The molecule has 0 aromatic carbocycles. The predicted octanol–water partition coefficient (Wildman–Crippen LogP) is 1.11. The highest BCUT2D eigenvalue weighted by Crippen LogP contribution is 2.22. The lowest BCUT2D eigenvalue weighted by Gasteiger charge is -2.29. The van der Waals surface area contributed by atoms with Crippen LogP contribution in [-0.4, -0.2) is 46.2 Å². The van der Waals surface area contributed by atoms with Crippen LogP contribution in [0, 0.1) is 5.41 Å². The van der Waals surface area contributed by atoms with Crippen LogP contribution in [0.3, 0.4) is 0 Å². The van der Waals surface area contributed by atoms with Crippen LogP contribution in [0.25, 0.3) is 0 Å². The lowest BCUT2D eigenvalue weighted by atomic mass is 9.89. The predicted molar refractivity (Wildman–Crippen MR) is 64.6 cm³/mol. The van der Waals surface area contributed by atoms with E-state index in [1.54, 1.807) is 4.90 Å². The summed E-state index contributed by atoms with van der Waals surface area (Å²) < 4.78 is 0. The number of rotatable bonds is 7. The molecule has 17 heavy (non-hydrogen) atoms. The lowest BCUT2D eigenvalue weighted by molar-refractivity contribution is -0.152. The fourth-order valence-corrected chi connectivity index (χ4v) is 1.47. The van der Waals surface area contributed by atoms with Gasteiger partial charge in [-0.15, -0.1) is 0 Å². The van der Waals surface area contributed by atoms with Gasteiger partial charge in [-0.05, 0) is 34.1 Å². The molecule has 0 spiro atoms. The molecule has 5 nitrogen and oxygen atoms in total. The maximum absolute atomic E-state index is 12.0. The van der Waals surface area contributed by atoms with E-state index in [-0.39, 0.29) is 25.0 Å². The number of hydrogen-bond acceptors (Lipinski definition) is 3. The van der Waals surface area contributed by atoms with Crippen molar-refractivity contribution in [2.75, 3.05) is 13.2 Å². The zero-order valence-corrected chi connectivity index (χ0v) is 11.1. The minimum absolute atomic E-state index is 0.0126. The molecule has 0 heterocycles. The molecule has 0 atom stereocenters. The Bertz CT molecular complexity index is 274. The van der Waals surface area contributed by atoms with Crippen molar-refractivity contribution >= 4 is 11.9 Å². The number of carboxylic acids is 1. The van der Waals surface area contributed by atoms with E-state index in [0.29, 0.717) is 13.0 Å². The quantitative estimate of drug-likeness (QED) is 0.704. The number of carboxylic acid groups (broad SMARTS) is 1. The van der Waals surface area contributed by atoms with E-state index < -0.39 is 11.4 Å². The Hall–Kier alpha value is -1.10. The van der Waals surface area contributed by atoms with E-state index in [2.05, 4.69) is 0 Å². The topological polar surface area (TPSA) is 77.8 Å². The molecule has 0 aliphatic rings. The van der Waals surface area contributed by atoms with Gasteiger partial charge in [-0.25, -0.2) is 0 Å².